The van der Waals surface area contributed by atoms with Crippen molar-refractivity contribution in [1.29, 1.82) is 0 Å². The fourth-order valence-corrected chi connectivity index (χ4v) is 3.21. The molecule has 0 aliphatic carbocycles. The van der Waals surface area contributed by atoms with E-state index in [-0.39, 0.29) is 5.91 Å². The molecular weight excluding hydrogens is 230 g/mol. The quantitative estimate of drug-likeness (QED) is 0.685. The summed E-state index contributed by atoms with van der Waals surface area (Å²) >= 11 is 1.72. The summed E-state index contributed by atoms with van der Waals surface area (Å²) in [6.45, 7) is 1.53. The summed E-state index contributed by atoms with van der Waals surface area (Å²) in [5, 5.41) is 5.34. The van der Waals surface area contributed by atoms with Gasteiger partial charge in [0.2, 0.25) is 5.91 Å². The normalized spacial score (nSPS) is 10.9. The number of hydrogen-bond donors (Lipinski definition) is 1. The highest BCUT2D eigenvalue weighted by molar-refractivity contribution is 7.26. The minimum Gasteiger partial charge on any atom is -0.325 e. The van der Waals surface area contributed by atoms with E-state index < -0.39 is 0 Å². The highest BCUT2D eigenvalue weighted by Gasteiger charge is 2.08. The molecule has 1 aromatic heterocycles. The summed E-state index contributed by atoms with van der Waals surface area (Å²) in [4.78, 5) is 11.2. The van der Waals surface area contributed by atoms with Crippen molar-refractivity contribution in [2.45, 2.75) is 6.92 Å². The van der Waals surface area contributed by atoms with E-state index >= 15 is 0 Å². The molecule has 1 heterocycles. The van der Waals surface area contributed by atoms with Crippen molar-refractivity contribution < 1.29 is 4.79 Å². The fraction of sp³-hybridized carbons (Fsp3) is 0.0714. The lowest BCUT2D eigenvalue weighted by Gasteiger charge is -2.02. The van der Waals surface area contributed by atoms with E-state index in [0.717, 1.165) is 10.4 Å². The first-order chi connectivity index (χ1) is 8.25. The first-order valence-corrected chi connectivity index (χ1v) is 6.25. The van der Waals surface area contributed by atoms with Crippen LogP contribution in [0.1, 0.15) is 6.92 Å². The summed E-state index contributed by atoms with van der Waals surface area (Å²) in [6, 6.07) is 14.3. The fourth-order valence-electron chi connectivity index (χ4n) is 2.04. The Bertz CT molecular complexity index is 714. The maximum absolute atomic E-state index is 11.2. The van der Waals surface area contributed by atoms with E-state index in [1.165, 1.54) is 22.4 Å². The van der Waals surface area contributed by atoms with Gasteiger partial charge in [-0.3, -0.25) is 4.79 Å². The van der Waals surface area contributed by atoms with Gasteiger partial charge in [0.05, 0.1) is 10.4 Å². The van der Waals surface area contributed by atoms with Crippen molar-refractivity contribution in [3.63, 3.8) is 0 Å². The van der Waals surface area contributed by atoms with Crippen LogP contribution in [0, 0.1) is 0 Å². The van der Waals surface area contributed by atoms with Crippen LogP contribution in [0.5, 0.6) is 0 Å². The van der Waals surface area contributed by atoms with Gasteiger partial charge in [-0.25, -0.2) is 0 Å². The van der Waals surface area contributed by atoms with Gasteiger partial charge >= 0.3 is 0 Å². The number of nitrogens with one attached hydrogen (secondary N) is 1. The Morgan fingerprint density at radius 1 is 1.06 bits per heavy atom. The largest absolute Gasteiger partial charge is 0.325 e. The predicted octanol–water partition coefficient (Wildman–Crippen LogP) is 4.01. The molecule has 2 aromatic carbocycles. The average Bonchev–Trinajstić information content (AvgIpc) is 2.68. The van der Waals surface area contributed by atoms with Crippen LogP contribution in [0.4, 0.5) is 5.69 Å². The molecule has 17 heavy (non-hydrogen) atoms. The van der Waals surface area contributed by atoms with Gasteiger partial charge in [0.1, 0.15) is 0 Å². The van der Waals surface area contributed by atoms with Crippen molar-refractivity contribution in [3.8, 4) is 0 Å². The standard InChI is InChI=1S/C14H11NOS/c1-9(16)15-12-7-4-6-11-10-5-2-3-8-13(10)17-14(11)12/h2-8H,1H3,(H,15,16). The molecule has 0 saturated heterocycles. The number of thiophene rings is 1. The van der Waals surface area contributed by atoms with Crippen LogP contribution in [0.2, 0.25) is 0 Å². The van der Waals surface area contributed by atoms with Gasteiger partial charge in [-0.15, -0.1) is 11.3 Å². The number of carbonyl (C=O) groups is 1. The topological polar surface area (TPSA) is 29.1 Å². The van der Waals surface area contributed by atoms with Crippen LogP contribution in [0.3, 0.4) is 0 Å². The molecule has 84 valence electrons. The molecule has 3 aromatic rings. The number of benzene rings is 2. The molecule has 3 rings (SSSR count). The molecule has 1 amide bonds. The third kappa shape index (κ3) is 1.68. The third-order valence-corrected chi connectivity index (χ3v) is 3.93. The molecule has 0 aliphatic heterocycles. The summed E-state index contributed by atoms with van der Waals surface area (Å²) < 4.78 is 2.39. The summed E-state index contributed by atoms with van der Waals surface area (Å²) in [7, 11) is 0. The monoisotopic (exact) mass is 241 g/mol. The first kappa shape index (κ1) is 10.3. The van der Waals surface area contributed by atoms with Gasteiger partial charge in [-0.1, -0.05) is 30.3 Å². The molecule has 0 atom stereocenters. The van der Waals surface area contributed by atoms with Crippen molar-refractivity contribution in [3.05, 3.63) is 42.5 Å². The molecule has 0 fully saturated rings. The van der Waals surface area contributed by atoms with Crippen LogP contribution in [-0.2, 0) is 4.79 Å². The molecule has 0 radical (unpaired) electrons. The minimum atomic E-state index is -0.0324. The second-order valence-corrected chi connectivity index (χ2v) is 5.01. The lowest BCUT2D eigenvalue weighted by atomic mass is 10.1. The van der Waals surface area contributed by atoms with Gasteiger partial charge in [0, 0.05) is 22.4 Å². The average molecular weight is 241 g/mol. The number of carbonyl (C=O) groups excluding carboxylic acids is 1. The molecule has 0 saturated carbocycles. The molecule has 0 unspecified atom stereocenters. The first-order valence-electron chi connectivity index (χ1n) is 5.43. The molecule has 0 aliphatic rings. The Labute approximate surface area is 103 Å². The van der Waals surface area contributed by atoms with Crippen LogP contribution in [-0.4, -0.2) is 5.91 Å². The van der Waals surface area contributed by atoms with E-state index in [9.17, 15) is 4.79 Å². The molecule has 3 heteroatoms. The van der Waals surface area contributed by atoms with Gasteiger partial charge in [-0.05, 0) is 12.1 Å². The van der Waals surface area contributed by atoms with E-state index in [0.29, 0.717) is 0 Å². The predicted molar refractivity (Wildman–Crippen MR) is 73.6 cm³/mol. The Morgan fingerprint density at radius 3 is 2.65 bits per heavy atom. The van der Waals surface area contributed by atoms with Crippen molar-refractivity contribution in [2.75, 3.05) is 5.32 Å². The highest BCUT2D eigenvalue weighted by Crippen LogP contribution is 2.37. The van der Waals surface area contributed by atoms with Crippen molar-refractivity contribution in [2.24, 2.45) is 0 Å². The number of hydrogen-bond acceptors (Lipinski definition) is 2. The second kappa shape index (κ2) is 3.86. The van der Waals surface area contributed by atoms with E-state index in [4.69, 9.17) is 0 Å². The number of rotatable bonds is 1. The summed E-state index contributed by atoms with van der Waals surface area (Å²) in [5.74, 6) is -0.0324. The second-order valence-electron chi connectivity index (χ2n) is 3.96. The Balaban J connectivity index is 2.35. The summed E-state index contributed by atoms with van der Waals surface area (Å²) in [5.41, 5.74) is 0.899. The number of anilines is 1. The van der Waals surface area contributed by atoms with Crippen molar-refractivity contribution in [1.82, 2.24) is 0 Å². The number of amides is 1. The van der Waals surface area contributed by atoms with Crippen LogP contribution >= 0.6 is 11.3 Å². The smallest absolute Gasteiger partial charge is 0.221 e. The lowest BCUT2D eigenvalue weighted by Crippen LogP contribution is -2.05. The van der Waals surface area contributed by atoms with Gasteiger partial charge in [-0.2, -0.15) is 0 Å². The zero-order chi connectivity index (χ0) is 11.8. The Kier molecular flexibility index (Phi) is 2.34. The molecule has 0 bridgehead atoms. The SMILES string of the molecule is CC(=O)Nc1cccc2c1sc1ccccc12. The van der Waals surface area contributed by atoms with Gasteiger partial charge in [0.15, 0.2) is 0 Å². The van der Waals surface area contributed by atoms with Crippen LogP contribution in [0.15, 0.2) is 42.5 Å². The van der Waals surface area contributed by atoms with E-state index in [1.54, 1.807) is 11.3 Å². The molecule has 2 nitrogen and oxygen atoms in total. The molecule has 1 N–H and O–H groups in total. The molecular formula is C14H11NOS. The van der Waals surface area contributed by atoms with Gasteiger partial charge in [0.25, 0.3) is 0 Å². The Hall–Kier alpha value is -1.87. The van der Waals surface area contributed by atoms with E-state index in [2.05, 4.69) is 23.5 Å². The third-order valence-electron chi connectivity index (χ3n) is 2.71. The van der Waals surface area contributed by atoms with Gasteiger partial charge < -0.3 is 5.32 Å². The van der Waals surface area contributed by atoms with Crippen LogP contribution < -0.4 is 5.32 Å². The lowest BCUT2D eigenvalue weighted by molar-refractivity contribution is -0.114. The Morgan fingerprint density at radius 2 is 1.82 bits per heavy atom. The summed E-state index contributed by atoms with van der Waals surface area (Å²) in [6.07, 6.45) is 0. The van der Waals surface area contributed by atoms with Crippen molar-refractivity contribution >= 4 is 43.1 Å². The maximum atomic E-state index is 11.2. The minimum absolute atomic E-state index is 0.0324. The molecule has 0 spiro atoms. The highest BCUT2D eigenvalue weighted by atomic mass is 32.1. The number of fused-ring (bicyclic) bond motifs is 3. The maximum Gasteiger partial charge on any atom is 0.221 e. The van der Waals surface area contributed by atoms with Crippen LogP contribution in [0.25, 0.3) is 20.2 Å². The zero-order valence-electron chi connectivity index (χ0n) is 9.36. The van der Waals surface area contributed by atoms with E-state index in [1.807, 2.05) is 24.3 Å². The zero-order valence-corrected chi connectivity index (χ0v) is 10.2.